The van der Waals surface area contributed by atoms with E-state index in [-0.39, 0.29) is 32.7 Å². The molecule has 0 N–H and O–H groups in total. The van der Waals surface area contributed by atoms with Crippen LogP contribution in [0.15, 0.2) is 24.3 Å². The molecule has 1 heteroatoms. The maximum absolute atomic E-state index is 2.46. The molecule has 2 unspecified atom stereocenters. The summed E-state index contributed by atoms with van der Waals surface area (Å²) in [5.74, 6) is 1.50. The summed E-state index contributed by atoms with van der Waals surface area (Å²) >= 11 is 0. The molecule has 3 rings (SSSR count). The van der Waals surface area contributed by atoms with Gasteiger partial charge in [-0.15, -0.1) is 12.0 Å². The van der Waals surface area contributed by atoms with Gasteiger partial charge in [0, 0.05) is 32.7 Å². The van der Waals surface area contributed by atoms with E-state index in [1.54, 1.807) is 0 Å². The minimum Gasteiger partial charge on any atom is -0.321 e. The second-order valence-corrected chi connectivity index (χ2v) is 4.02. The zero-order chi connectivity index (χ0) is 8.67. The van der Waals surface area contributed by atoms with E-state index in [9.17, 15) is 0 Å². The smallest absolute Gasteiger partial charge is 0 e. The van der Waals surface area contributed by atoms with E-state index < -0.39 is 0 Å². The number of fused-ring (bicyclic) bond motifs is 2. The SMILES string of the molecule is C1=c2ccccc2=CC2CC[CH-]C12.[Y]. The van der Waals surface area contributed by atoms with Crippen molar-refractivity contribution >= 4 is 12.2 Å². The summed E-state index contributed by atoms with van der Waals surface area (Å²) in [4.78, 5) is 0. The van der Waals surface area contributed by atoms with E-state index in [0.29, 0.717) is 0 Å². The Morgan fingerprint density at radius 1 is 1.07 bits per heavy atom. The van der Waals surface area contributed by atoms with Crippen molar-refractivity contribution in [1.29, 1.82) is 0 Å². The van der Waals surface area contributed by atoms with E-state index in [4.69, 9.17) is 0 Å². The van der Waals surface area contributed by atoms with Crippen molar-refractivity contribution in [2.24, 2.45) is 11.8 Å². The van der Waals surface area contributed by atoms with Gasteiger partial charge in [-0.25, -0.2) is 0 Å². The van der Waals surface area contributed by atoms with Crippen molar-refractivity contribution in [2.45, 2.75) is 12.8 Å². The molecule has 0 aliphatic heterocycles. The number of hydrogen-bond donors (Lipinski definition) is 0. The Balaban J connectivity index is 0.000000750. The molecule has 1 aromatic rings. The predicted molar refractivity (Wildman–Crippen MR) is 55.1 cm³/mol. The van der Waals surface area contributed by atoms with Crippen molar-refractivity contribution in [3.8, 4) is 0 Å². The first-order valence-corrected chi connectivity index (χ1v) is 5.05. The first kappa shape index (κ1) is 10.6. The summed E-state index contributed by atoms with van der Waals surface area (Å²) in [6, 6.07) is 8.69. The fourth-order valence-electron chi connectivity index (χ4n) is 2.49. The standard InChI is InChI=1S/C13H13.Y/c1-2-5-11-9-13-7-3-6-12(13)8-10(11)4-1;/h1-2,4-6,8-9,12-13H,3,7H2;/q-1;. The van der Waals surface area contributed by atoms with Gasteiger partial charge in [-0.2, -0.15) is 6.42 Å². The summed E-state index contributed by atoms with van der Waals surface area (Å²) in [5.41, 5.74) is 0. The molecule has 2 aliphatic carbocycles. The van der Waals surface area contributed by atoms with E-state index in [1.165, 1.54) is 23.3 Å². The number of rotatable bonds is 0. The molecule has 14 heavy (non-hydrogen) atoms. The summed E-state index contributed by atoms with van der Waals surface area (Å²) in [5, 5.41) is 2.85. The van der Waals surface area contributed by atoms with Crippen LogP contribution < -0.4 is 10.4 Å². The molecule has 0 bridgehead atoms. The van der Waals surface area contributed by atoms with Crippen LogP contribution in [-0.4, -0.2) is 0 Å². The fourth-order valence-corrected chi connectivity index (χ4v) is 2.49. The molecule has 2 atom stereocenters. The van der Waals surface area contributed by atoms with Gasteiger partial charge in [0.15, 0.2) is 0 Å². The van der Waals surface area contributed by atoms with Gasteiger partial charge in [-0.3, -0.25) is 0 Å². The molecule has 1 fully saturated rings. The minimum atomic E-state index is 0. The van der Waals surface area contributed by atoms with Crippen LogP contribution in [-0.2, 0) is 32.7 Å². The molecular formula is C13H13Y-. The van der Waals surface area contributed by atoms with Gasteiger partial charge in [0.25, 0.3) is 0 Å². The third-order valence-corrected chi connectivity index (χ3v) is 3.19. The van der Waals surface area contributed by atoms with Crippen LogP contribution in [0.1, 0.15) is 12.8 Å². The van der Waals surface area contributed by atoms with Crippen molar-refractivity contribution < 1.29 is 32.7 Å². The molecule has 1 radical (unpaired) electrons. The number of benzene rings is 1. The Kier molecular flexibility index (Phi) is 3.24. The van der Waals surface area contributed by atoms with Crippen molar-refractivity contribution in [2.75, 3.05) is 0 Å². The van der Waals surface area contributed by atoms with Gasteiger partial charge in [0.05, 0.1) is 0 Å². The maximum Gasteiger partial charge on any atom is 0 e. The van der Waals surface area contributed by atoms with E-state index in [2.05, 4.69) is 42.8 Å². The molecule has 69 valence electrons. The number of hydrogen-bond acceptors (Lipinski definition) is 0. The van der Waals surface area contributed by atoms with E-state index in [0.717, 1.165) is 11.8 Å². The second kappa shape index (κ2) is 4.29. The van der Waals surface area contributed by atoms with Crippen LogP contribution in [0.25, 0.3) is 12.2 Å². The molecule has 0 amide bonds. The molecule has 1 saturated carbocycles. The van der Waals surface area contributed by atoms with Gasteiger partial charge in [0.1, 0.15) is 0 Å². The Hall–Kier alpha value is 0.0639. The molecule has 0 saturated heterocycles. The Morgan fingerprint density at radius 3 is 2.57 bits per heavy atom. The molecule has 1 aromatic carbocycles. The predicted octanol–water partition coefficient (Wildman–Crippen LogP) is 1.49. The van der Waals surface area contributed by atoms with Gasteiger partial charge in [-0.1, -0.05) is 36.8 Å². The minimum absolute atomic E-state index is 0. The third kappa shape index (κ3) is 1.75. The first-order chi connectivity index (χ1) is 6.43. The van der Waals surface area contributed by atoms with Crippen molar-refractivity contribution in [3.63, 3.8) is 0 Å². The van der Waals surface area contributed by atoms with Crippen LogP contribution in [0.4, 0.5) is 0 Å². The Bertz CT molecular complexity index is 392. The van der Waals surface area contributed by atoms with Crippen molar-refractivity contribution in [1.82, 2.24) is 0 Å². The average molecular weight is 258 g/mol. The average Bonchev–Trinajstić information content (AvgIpc) is 2.61. The Labute approximate surface area is 110 Å². The summed E-state index contributed by atoms with van der Waals surface area (Å²) < 4.78 is 0. The fraction of sp³-hybridized carbons (Fsp3) is 0.308. The topological polar surface area (TPSA) is 0 Å². The molecule has 0 nitrogen and oxygen atoms in total. The van der Waals surface area contributed by atoms with E-state index >= 15 is 0 Å². The van der Waals surface area contributed by atoms with Crippen LogP contribution in [0.2, 0.25) is 0 Å². The molecular weight excluding hydrogens is 245 g/mol. The molecule has 0 spiro atoms. The summed E-state index contributed by atoms with van der Waals surface area (Å²) in [7, 11) is 0. The summed E-state index contributed by atoms with van der Waals surface area (Å²) in [6.07, 6.45) is 9.96. The molecule has 0 aromatic heterocycles. The van der Waals surface area contributed by atoms with Gasteiger partial charge < -0.3 is 6.42 Å². The van der Waals surface area contributed by atoms with Crippen LogP contribution in [0.3, 0.4) is 0 Å². The third-order valence-electron chi connectivity index (χ3n) is 3.19. The van der Waals surface area contributed by atoms with Gasteiger partial charge in [0.2, 0.25) is 0 Å². The maximum atomic E-state index is 2.46. The zero-order valence-corrected chi connectivity index (χ0v) is 11.0. The van der Waals surface area contributed by atoms with Crippen molar-refractivity contribution in [3.05, 3.63) is 41.1 Å². The van der Waals surface area contributed by atoms with Gasteiger partial charge in [-0.05, 0) is 16.4 Å². The second-order valence-electron chi connectivity index (χ2n) is 4.02. The largest absolute Gasteiger partial charge is 0.321 e. The van der Waals surface area contributed by atoms with Crippen LogP contribution >= 0.6 is 0 Å². The Morgan fingerprint density at radius 2 is 1.79 bits per heavy atom. The van der Waals surface area contributed by atoms with Crippen LogP contribution in [0, 0.1) is 18.3 Å². The van der Waals surface area contributed by atoms with Gasteiger partial charge >= 0.3 is 0 Å². The zero-order valence-electron chi connectivity index (χ0n) is 8.19. The quantitative estimate of drug-likeness (QED) is 0.618. The summed E-state index contributed by atoms with van der Waals surface area (Å²) in [6.45, 7) is 0. The first-order valence-electron chi connectivity index (χ1n) is 5.05. The monoisotopic (exact) mass is 258 g/mol. The normalized spacial score (nSPS) is 27.7. The van der Waals surface area contributed by atoms with Crippen LogP contribution in [0.5, 0.6) is 0 Å². The molecule has 0 heterocycles. The molecule has 2 aliphatic rings. The van der Waals surface area contributed by atoms with E-state index in [1.807, 2.05) is 0 Å².